The summed E-state index contributed by atoms with van der Waals surface area (Å²) >= 11 is 0. The number of hydrogen-bond acceptors (Lipinski definition) is 5. The maximum Gasteiger partial charge on any atom is 0.274 e. The monoisotopic (exact) mass is 352 g/mol. The van der Waals surface area contributed by atoms with Gasteiger partial charge in [-0.3, -0.25) is 9.78 Å². The van der Waals surface area contributed by atoms with Crippen LogP contribution in [0.25, 0.3) is 16.5 Å². The highest BCUT2D eigenvalue weighted by Crippen LogP contribution is 2.23. The number of benzene rings is 1. The van der Waals surface area contributed by atoms with Gasteiger partial charge < -0.3 is 11.1 Å². The lowest BCUT2D eigenvalue weighted by molar-refractivity contribution is 0.0889. The Bertz CT molecular complexity index is 915. The van der Waals surface area contributed by atoms with Crippen LogP contribution >= 0.6 is 0 Å². The first-order chi connectivity index (χ1) is 12.5. The molecule has 0 atom stereocenters. The van der Waals surface area contributed by atoms with E-state index in [-0.39, 0.29) is 5.91 Å². The zero-order chi connectivity index (χ0) is 18.7. The lowest BCUT2D eigenvalue weighted by Crippen LogP contribution is -2.53. The van der Waals surface area contributed by atoms with Crippen molar-refractivity contribution in [2.24, 2.45) is 5.73 Å². The molecule has 3 N–H and O–H groups in total. The van der Waals surface area contributed by atoms with Crippen LogP contribution in [0.5, 0.6) is 0 Å². The van der Waals surface area contributed by atoms with E-state index in [2.05, 4.69) is 20.6 Å². The maximum absolute atomic E-state index is 12.8. The zero-order valence-electron chi connectivity index (χ0n) is 15.4. The highest BCUT2D eigenvalue weighted by molar-refractivity contribution is 5.94. The predicted octanol–water partition coefficient (Wildman–Crippen LogP) is 2.37. The molecule has 0 saturated heterocycles. The van der Waals surface area contributed by atoms with Crippen molar-refractivity contribution < 1.29 is 4.79 Å². The highest BCUT2D eigenvalue weighted by Gasteiger charge is 2.29. The van der Waals surface area contributed by atoms with Gasteiger partial charge in [-0.25, -0.2) is 4.68 Å². The van der Waals surface area contributed by atoms with Crippen LogP contribution in [-0.4, -0.2) is 38.0 Å². The van der Waals surface area contributed by atoms with Gasteiger partial charge in [-0.05, 0) is 31.9 Å². The van der Waals surface area contributed by atoms with Crippen LogP contribution in [0.3, 0.4) is 0 Å². The minimum atomic E-state index is -0.418. The Kier molecular flexibility index (Phi) is 4.99. The number of nitrogens with one attached hydrogen (secondary N) is 1. The first kappa shape index (κ1) is 18.0. The number of hydrogen-bond donors (Lipinski definition) is 2. The quantitative estimate of drug-likeness (QED) is 0.709. The molecule has 0 spiro atoms. The molecule has 0 aliphatic heterocycles. The third-order valence-corrected chi connectivity index (χ3v) is 5.12. The Morgan fingerprint density at radius 3 is 2.73 bits per heavy atom. The Morgan fingerprint density at radius 2 is 2.04 bits per heavy atom. The molecule has 3 rings (SSSR count). The summed E-state index contributed by atoms with van der Waals surface area (Å²) < 4.78 is 1.69. The molecule has 0 fully saturated rings. The predicted molar refractivity (Wildman–Crippen MR) is 101 cm³/mol. The van der Waals surface area contributed by atoms with Crippen molar-refractivity contribution in [2.45, 2.75) is 39.2 Å². The van der Waals surface area contributed by atoms with Gasteiger partial charge in [-0.1, -0.05) is 31.2 Å². The molecule has 2 heterocycles. The number of amides is 1. The van der Waals surface area contributed by atoms with E-state index in [1.807, 2.05) is 45.0 Å². The van der Waals surface area contributed by atoms with Crippen LogP contribution in [0.15, 0.2) is 36.7 Å². The number of fused-ring (bicyclic) bond motifs is 1. The molecule has 0 aliphatic rings. The first-order valence-electron chi connectivity index (χ1n) is 8.83. The molecule has 0 bridgehead atoms. The summed E-state index contributed by atoms with van der Waals surface area (Å²) in [6.07, 6.45) is 5.06. The standard InChI is InChI=1S/C19H24N6O/c1-4-19(5-2,12-20)22-18(26)17-13(3)25(24-23-17)16-8-6-7-14-11-21-10-9-15(14)16/h6-11H,4-5,12,20H2,1-3H3,(H,22,26). The van der Waals surface area contributed by atoms with Crippen molar-refractivity contribution in [3.05, 3.63) is 48.0 Å². The van der Waals surface area contributed by atoms with Crippen molar-refractivity contribution in [3.8, 4) is 5.69 Å². The van der Waals surface area contributed by atoms with Crippen molar-refractivity contribution in [1.82, 2.24) is 25.3 Å². The van der Waals surface area contributed by atoms with E-state index in [0.29, 0.717) is 17.9 Å². The van der Waals surface area contributed by atoms with Gasteiger partial charge in [0.2, 0.25) is 0 Å². The lowest BCUT2D eigenvalue weighted by Gasteiger charge is -2.31. The van der Waals surface area contributed by atoms with Gasteiger partial charge in [-0.2, -0.15) is 0 Å². The molecule has 1 amide bonds. The number of nitrogens with zero attached hydrogens (tertiary/aromatic N) is 4. The number of aromatic nitrogens is 4. The average molecular weight is 352 g/mol. The second kappa shape index (κ2) is 7.21. The topological polar surface area (TPSA) is 98.7 Å². The van der Waals surface area contributed by atoms with E-state index in [4.69, 9.17) is 5.73 Å². The lowest BCUT2D eigenvalue weighted by atomic mass is 9.92. The molecule has 2 aromatic heterocycles. The first-order valence-corrected chi connectivity index (χ1v) is 8.83. The van der Waals surface area contributed by atoms with Crippen LogP contribution in [0.4, 0.5) is 0 Å². The van der Waals surface area contributed by atoms with Crippen molar-refractivity contribution in [3.63, 3.8) is 0 Å². The van der Waals surface area contributed by atoms with Gasteiger partial charge in [0, 0.05) is 29.7 Å². The smallest absolute Gasteiger partial charge is 0.274 e. The Labute approximate surface area is 152 Å². The zero-order valence-corrected chi connectivity index (χ0v) is 15.4. The number of carbonyl (C=O) groups is 1. The molecule has 26 heavy (non-hydrogen) atoms. The Hall–Kier alpha value is -2.80. The van der Waals surface area contributed by atoms with Crippen molar-refractivity contribution >= 4 is 16.7 Å². The molecule has 7 heteroatoms. The van der Waals surface area contributed by atoms with Crippen molar-refractivity contribution in [2.75, 3.05) is 6.54 Å². The third kappa shape index (κ3) is 3.06. The van der Waals surface area contributed by atoms with Gasteiger partial charge in [-0.15, -0.1) is 5.10 Å². The Morgan fingerprint density at radius 1 is 1.27 bits per heavy atom. The van der Waals surface area contributed by atoms with E-state index in [1.165, 1.54) is 0 Å². The summed E-state index contributed by atoms with van der Waals surface area (Å²) in [5.41, 5.74) is 7.34. The summed E-state index contributed by atoms with van der Waals surface area (Å²) in [6, 6.07) is 7.81. The van der Waals surface area contributed by atoms with Gasteiger partial charge in [0.15, 0.2) is 5.69 Å². The van der Waals surface area contributed by atoms with Crippen molar-refractivity contribution in [1.29, 1.82) is 0 Å². The molecule has 3 aromatic rings. The van der Waals surface area contributed by atoms with E-state index >= 15 is 0 Å². The molecule has 0 unspecified atom stereocenters. The molecule has 0 aliphatic carbocycles. The van der Waals surface area contributed by atoms with Crippen LogP contribution < -0.4 is 11.1 Å². The number of carbonyl (C=O) groups excluding carboxylic acids is 1. The molecular formula is C19H24N6O. The van der Waals surface area contributed by atoms with Crippen LogP contribution in [0, 0.1) is 6.92 Å². The van der Waals surface area contributed by atoms with Crippen LogP contribution in [-0.2, 0) is 0 Å². The number of rotatable bonds is 6. The fraction of sp³-hybridized carbons (Fsp3) is 0.368. The molecule has 0 radical (unpaired) electrons. The SMILES string of the molecule is CCC(CC)(CN)NC(=O)c1nnn(-c2cccc3cnccc23)c1C. The fourth-order valence-corrected chi connectivity index (χ4v) is 3.12. The molecule has 1 aromatic carbocycles. The second-order valence-electron chi connectivity index (χ2n) is 6.45. The van der Waals surface area contributed by atoms with E-state index in [0.717, 1.165) is 29.3 Å². The summed E-state index contributed by atoms with van der Waals surface area (Å²) in [5.74, 6) is -0.246. The van der Waals surface area contributed by atoms with Crippen LogP contribution in [0.2, 0.25) is 0 Å². The van der Waals surface area contributed by atoms with Gasteiger partial charge in [0.05, 0.1) is 16.9 Å². The van der Waals surface area contributed by atoms with E-state index < -0.39 is 5.54 Å². The molecule has 0 saturated carbocycles. The molecular weight excluding hydrogens is 328 g/mol. The summed E-state index contributed by atoms with van der Waals surface area (Å²) in [4.78, 5) is 16.9. The normalized spacial score (nSPS) is 11.7. The largest absolute Gasteiger partial charge is 0.344 e. The summed E-state index contributed by atoms with van der Waals surface area (Å²) in [6.45, 7) is 6.27. The highest BCUT2D eigenvalue weighted by atomic mass is 16.2. The molecule has 136 valence electrons. The maximum atomic E-state index is 12.8. The van der Waals surface area contributed by atoms with Gasteiger partial charge in [0.1, 0.15) is 0 Å². The van der Waals surface area contributed by atoms with Gasteiger partial charge >= 0.3 is 0 Å². The molecule has 7 nitrogen and oxygen atoms in total. The third-order valence-electron chi connectivity index (χ3n) is 5.12. The minimum absolute atomic E-state index is 0.246. The average Bonchev–Trinajstić information content (AvgIpc) is 3.07. The fourth-order valence-electron chi connectivity index (χ4n) is 3.12. The summed E-state index contributed by atoms with van der Waals surface area (Å²) in [5, 5.41) is 13.4. The van der Waals surface area contributed by atoms with Crippen LogP contribution in [0.1, 0.15) is 42.9 Å². The minimum Gasteiger partial charge on any atom is -0.344 e. The van der Waals surface area contributed by atoms with E-state index in [9.17, 15) is 4.79 Å². The Balaban J connectivity index is 1.99. The summed E-state index contributed by atoms with van der Waals surface area (Å²) in [7, 11) is 0. The van der Waals surface area contributed by atoms with E-state index in [1.54, 1.807) is 17.1 Å². The van der Waals surface area contributed by atoms with Gasteiger partial charge in [0.25, 0.3) is 5.91 Å². The number of pyridine rings is 1. The second-order valence-corrected chi connectivity index (χ2v) is 6.45. The number of nitrogens with two attached hydrogens (primary N) is 1.